The molecule has 0 aliphatic heterocycles. The monoisotopic (exact) mass is 265 g/mol. The van der Waals surface area contributed by atoms with E-state index in [1.807, 2.05) is 43.3 Å². The van der Waals surface area contributed by atoms with Crippen LogP contribution in [0.4, 0.5) is 11.5 Å². The van der Waals surface area contributed by atoms with Crippen molar-refractivity contribution >= 4 is 22.5 Å². The van der Waals surface area contributed by atoms with Gasteiger partial charge in [0.25, 0.3) is 0 Å². The van der Waals surface area contributed by atoms with Crippen molar-refractivity contribution in [2.24, 2.45) is 7.05 Å². The number of fused-ring (bicyclic) bond motifs is 1. The molecule has 4 nitrogen and oxygen atoms in total. The first kappa shape index (κ1) is 12.7. The molecule has 0 saturated carbocycles. The van der Waals surface area contributed by atoms with Crippen LogP contribution in [0.2, 0.25) is 0 Å². The molecule has 0 spiro atoms. The minimum atomic E-state index is 0.918. The van der Waals surface area contributed by atoms with Gasteiger partial charge in [-0.1, -0.05) is 13.0 Å². The van der Waals surface area contributed by atoms with Crippen LogP contribution in [0, 0.1) is 6.07 Å². The molecule has 0 unspecified atom stereocenters. The van der Waals surface area contributed by atoms with Gasteiger partial charge in [0.15, 0.2) is 0 Å². The fraction of sp³-hybridized carbons (Fsp3) is 0.250. The number of hydrogen-bond acceptors (Lipinski definition) is 3. The minimum Gasteiger partial charge on any atom is -0.334 e. The number of benzene rings is 1. The molecule has 20 heavy (non-hydrogen) atoms. The SMILES string of the molecule is CCc1c[c]ccc1N(C)c1cc2c(cn1)ncn2C. The van der Waals surface area contributed by atoms with E-state index in [-0.39, 0.29) is 0 Å². The molecule has 3 aromatic rings. The highest BCUT2D eigenvalue weighted by atomic mass is 15.2. The lowest BCUT2D eigenvalue weighted by atomic mass is 10.1. The van der Waals surface area contributed by atoms with E-state index < -0.39 is 0 Å². The third kappa shape index (κ3) is 2.03. The molecule has 0 bridgehead atoms. The first-order valence-electron chi connectivity index (χ1n) is 6.70. The van der Waals surface area contributed by atoms with Crippen molar-refractivity contribution in [2.75, 3.05) is 11.9 Å². The number of hydrogen-bond donors (Lipinski definition) is 0. The van der Waals surface area contributed by atoms with E-state index in [9.17, 15) is 0 Å². The fourth-order valence-electron chi connectivity index (χ4n) is 2.39. The molecule has 1 radical (unpaired) electrons. The average molecular weight is 265 g/mol. The smallest absolute Gasteiger partial charge is 0.134 e. The molecule has 0 aliphatic carbocycles. The van der Waals surface area contributed by atoms with Gasteiger partial charge in [-0.15, -0.1) is 0 Å². The van der Waals surface area contributed by atoms with Gasteiger partial charge in [-0.25, -0.2) is 9.97 Å². The van der Waals surface area contributed by atoms with Crippen LogP contribution in [0.15, 0.2) is 36.8 Å². The summed E-state index contributed by atoms with van der Waals surface area (Å²) in [6.45, 7) is 2.15. The summed E-state index contributed by atoms with van der Waals surface area (Å²) in [7, 11) is 4.03. The molecule has 0 amide bonds. The largest absolute Gasteiger partial charge is 0.334 e. The summed E-state index contributed by atoms with van der Waals surface area (Å²) in [6, 6.07) is 11.3. The number of aromatic nitrogens is 3. The molecule has 101 valence electrons. The van der Waals surface area contributed by atoms with Crippen molar-refractivity contribution in [3.05, 3.63) is 48.4 Å². The van der Waals surface area contributed by atoms with E-state index in [1.54, 1.807) is 0 Å². The molecule has 4 heteroatoms. The van der Waals surface area contributed by atoms with E-state index in [4.69, 9.17) is 0 Å². The van der Waals surface area contributed by atoms with Gasteiger partial charge in [0.2, 0.25) is 0 Å². The Balaban J connectivity index is 2.07. The van der Waals surface area contributed by atoms with Crippen LogP contribution in [-0.2, 0) is 13.5 Å². The highest BCUT2D eigenvalue weighted by molar-refractivity contribution is 5.79. The summed E-state index contributed by atoms with van der Waals surface area (Å²) in [5.41, 5.74) is 4.44. The highest BCUT2D eigenvalue weighted by Crippen LogP contribution is 2.27. The minimum absolute atomic E-state index is 0.918. The Kier molecular flexibility index (Phi) is 3.14. The molecular formula is C16H17N4. The molecule has 2 aromatic heterocycles. The van der Waals surface area contributed by atoms with Gasteiger partial charge < -0.3 is 9.47 Å². The van der Waals surface area contributed by atoms with Crippen molar-refractivity contribution in [3.63, 3.8) is 0 Å². The fourth-order valence-corrected chi connectivity index (χ4v) is 2.39. The van der Waals surface area contributed by atoms with Crippen molar-refractivity contribution in [3.8, 4) is 0 Å². The Morgan fingerprint density at radius 2 is 2.20 bits per heavy atom. The van der Waals surface area contributed by atoms with Gasteiger partial charge >= 0.3 is 0 Å². The maximum Gasteiger partial charge on any atom is 0.134 e. The van der Waals surface area contributed by atoms with E-state index in [0.29, 0.717) is 0 Å². The van der Waals surface area contributed by atoms with E-state index in [2.05, 4.69) is 40.0 Å². The lowest BCUT2D eigenvalue weighted by Crippen LogP contribution is -2.13. The third-order valence-corrected chi connectivity index (χ3v) is 3.61. The lowest BCUT2D eigenvalue weighted by Gasteiger charge is -2.21. The Labute approximate surface area is 118 Å². The van der Waals surface area contributed by atoms with Crippen LogP contribution in [-0.4, -0.2) is 21.6 Å². The second-order valence-corrected chi connectivity index (χ2v) is 4.85. The molecule has 0 fully saturated rings. The van der Waals surface area contributed by atoms with E-state index in [0.717, 1.165) is 23.3 Å². The van der Waals surface area contributed by atoms with E-state index >= 15 is 0 Å². The standard InChI is InChI=1S/C16H17N4/c1-4-12-7-5-6-8-14(12)20(3)16-9-15-13(10-17-16)18-11-19(15)2/h6-11H,4H2,1-3H3. The van der Waals surface area contributed by atoms with Gasteiger partial charge in [0.05, 0.1) is 18.0 Å². The molecule has 3 rings (SSSR count). The molecule has 0 atom stereocenters. The van der Waals surface area contributed by atoms with Crippen molar-refractivity contribution in [2.45, 2.75) is 13.3 Å². The number of anilines is 2. The quantitative estimate of drug-likeness (QED) is 0.729. The predicted molar refractivity (Wildman–Crippen MR) is 81.2 cm³/mol. The molecule has 0 aliphatic rings. The van der Waals surface area contributed by atoms with Crippen LogP contribution in [0.25, 0.3) is 11.0 Å². The molecule has 2 heterocycles. The molecule has 1 aromatic carbocycles. The zero-order valence-electron chi connectivity index (χ0n) is 12.0. The number of imidazole rings is 1. The number of aryl methyl sites for hydroxylation is 2. The summed E-state index contributed by atoms with van der Waals surface area (Å²) in [6.07, 6.45) is 4.61. The summed E-state index contributed by atoms with van der Waals surface area (Å²) >= 11 is 0. The van der Waals surface area contributed by atoms with Gasteiger partial charge in [0, 0.05) is 25.8 Å². The number of nitrogens with zero attached hydrogens (tertiary/aromatic N) is 4. The normalized spacial score (nSPS) is 10.9. The summed E-state index contributed by atoms with van der Waals surface area (Å²) < 4.78 is 2.01. The summed E-state index contributed by atoms with van der Waals surface area (Å²) in [4.78, 5) is 10.9. The average Bonchev–Trinajstić information content (AvgIpc) is 2.87. The van der Waals surface area contributed by atoms with Gasteiger partial charge in [0.1, 0.15) is 11.3 Å². The van der Waals surface area contributed by atoms with Crippen LogP contribution < -0.4 is 4.90 Å². The Morgan fingerprint density at radius 1 is 1.35 bits per heavy atom. The first-order chi connectivity index (χ1) is 9.70. The first-order valence-corrected chi connectivity index (χ1v) is 6.70. The Hall–Kier alpha value is -2.36. The third-order valence-electron chi connectivity index (χ3n) is 3.61. The Morgan fingerprint density at radius 3 is 3.00 bits per heavy atom. The van der Waals surface area contributed by atoms with E-state index in [1.165, 1.54) is 11.3 Å². The Bertz CT molecular complexity index is 745. The van der Waals surface area contributed by atoms with Crippen molar-refractivity contribution in [1.29, 1.82) is 0 Å². The van der Waals surface area contributed by atoms with Crippen LogP contribution >= 0.6 is 0 Å². The molecular weight excluding hydrogens is 248 g/mol. The molecule has 0 N–H and O–H groups in total. The zero-order valence-corrected chi connectivity index (χ0v) is 12.0. The second kappa shape index (κ2) is 4.96. The van der Waals surface area contributed by atoms with Crippen molar-refractivity contribution < 1.29 is 0 Å². The maximum atomic E-state index is 4.51. The summed E-state index contributed by atoms with van der Waals surface area (Å²) in [5, 5.41) is 0. The predicted octanol–water partition coefficient (Wildman–Crippen LogP) is 3.10. The second-order valence-electron chi connectivity index (χ2n) is 4.85. The van der Waals surface area contributed by atoms with Gasteiger partial charge in [-0.05, 0) is 30.2 Å². The van der Waals surface area contributed by atoms with Gasteiger partial charge in [-0.3, -0.25) is 0 Å². The molecule has 0 saturated heterocycles. The number of rotatable bonds is 3. The topological polar surface area (TPSA) is 34.0 Å². The van der Waals surface area contributed by atoms with Crippen LogP contribution in [0.5, 0.6) is 0 Å². The highest BCUT2D eigenvalue weighted by Gasteiger charge is 2.11. The number of pyridine rings is 1. The lowest BCUT2D eigenvalue weighted by molar-refractivity contribution is 0.946. The summed E-state index contributed by atoms with van der Waals surface area (Å²) in [5.74, 6) is 0.919. The van der Waals surface area contributed by atoms with Crippen LogP contribution in [0.1, 0.15) is 12.5 Å². The van der Waals surface area contributed by atoms with Crippen molar-refractivity contribution in [1.82, 2.24) is 14.5 Å². The zero-order chi connectivity index (χ0) is 14.1. The maximum absolute atomic E-state index is 4.51. The van der Waals surface area contributed by atoms with Crippen LogP contribution in [0.3, 0.4) is 0 Å². The van der Waals surface area contributed by atoms with Gasteiger partial charge in [-0.2, -0.15) is 0 Å².